The zero-order valence-corrected chi connectivity index (χ0v) is 15.7. The predicted octanol–water partition coefficient (Wildman–Crippen LogP) is 2.38. The van der Waals surface area contributed by atoms with Crippen LogP contribution in [0, 0.1) is 6.92 Å². The van der Waals surface area contributed by atoms with Gasteiger partial charge in [0.25, 0.3) is 0 Å². The number of carbonyl (C=O) groups excluding carboxylic acids is 1. The average molecular weight is 360 g/mol. The molecule has 0 aliphatic carbocycles. The van der Waals surface area contributed by atoms with E-state index in [2.05, 4.69) is 33.4 Å². The number of nitrogens with zero attached hydrogens (tertiary/aromatic N) is 3. The summed E-state index contributed by atoms with van der Waals surface area (Å²) in [4.78, 5) is 23.9. The predicted molar refractivity (Wildman–Crippen MR) is 105 cm³/mol. The summed E-state index contributed by atoms with van der Waals surface area (Å²) < 4.78 is 0. The molecule has 3 aliphatic rings. The summed E-state index contributed by atoms with van der Waals surface area (Å²) in [5, 5.41) is 3.43. The molecule has 0 radical (unpaired) electrons. The maximum atomic E-state index is 12.7. The van der Waals surface area contributed by atoms with Gasteiger partial charge in [-0.3, -0.25) is 14.8 Å². The van der Waals surface area contributed by atoms with Gasteiger partial charge in [-0.25, -0.2) is 0 Å². The van der Waals surface area contributed by atoms with E-state index in [0.29, 0.717) is 19.0 Å². The minimum Gasteiger partial charge on any atom is -0.334 e. The van der Waals surface area contributed by atoms with Crippen LogP contribution in [0.1, 0.15) is 46.4 Å². The zero-order chi connectivity index (χ0) is 18.4. The summed E-state index contributed by atoms with van der Waals surface area (Å²) >= 11 is 0. The minimum absolute atomic E-state index is 0.264. The lowest BCUT2D eigenvalue weighted by molar-refractivity contribution is -0.134. The van der Waals surface area contributed by atoms with Gasteiger partial charge in [0.15, 0.2) is 0 Å². The number of aliphatic imine (C=N–C) groups is 1. The Kier molecular flexibility index (Phi) is 4.05. The molecule has 1 atom stereocenters. The van der Waals surface area contributed by atoms with E-state index in [1.165, 1.54) is 22.3 Å². The van der Waals surface area contributed by atoms with Crippen molar-refractivity contribution in [3.05, 3.63) is 64.0 Å². The molecule has 5 nitrogen and oxygen atoms in total. The fourth-order valence-electron chi connectivity index (χ4n) is 4.56. The molecule has 1 N–H and O–H groups in total. The van der Waals surface area contributed by atoms with Crippen LogP contribution in [0.25, 0.3) is 0 Å². The van der Waals surface area contributed by atoms with E-state index in [9.17, 15) is 4.79 Å². The molecule has 0 bridgehead atoms. The summed E-state index contributed by atoms with van der Waals surface area (Å²) in [5.74, 6) is 0.264. The molecule has 3 aliphatic heterocycles. The number of rotatable bonds is 2. The van der Waals surface area contributed by atoms with Gasteiger partial charge in [0.2, 0.25) is 5.91 Å². The van der Waals surface area contributed by atoms with Crippen molar-refractivity contribution in [2.24, 2.45) is 4.99 Å². The molecule has 1 aromatic heterocycles. The Balaban J connectivity index is 1.48. The Hall–Kier alpha value is -2.53. The molecule has 27 heavy (non-hydrogen) atoms. The molecule has 0 spiro atoms. The summed E-state index contributed by atoms with van der Waals surface area (Å²) in [6.45, 7) is 5.40. The molecule has 1 fully saturated rings. The average Bonchev–Trinajstić information content (AvgIpc) is 3.09. The topological polar surface area (TPSA) is 57.6 Å². The number of fused-ring (bicyclic) bond motifs is 2. The number of amides is 1. The number of carbonyl (C=O) groups is 1. The highest BCUT2D eigenvalue weighted by Gasteiger charge is 2.31. The first-order chi connectivity index (χ1) is 13.2. The number of aromatic nitrogens is 1. The SMILES string of the molecule is Cc1cc(C2=NCc3cc4c(cc32)CN([C@@H]2CCCNC2)C(=O)C4)ccn1. The molecule has 1 aromatic carbocycles. The number of benzene rings is 1. The molecule has 1 amide bonds. The van der Waals surface area contributed by atoms with Gasteiger partial charge in [0.1, 0.15) is 0 Å². The van der Waals surface area contributed by atoms with Gasteiger partial charge in [0, 0.05) is 42.1 Å². The van der Waals surface area contributed by atoms with Crippen LogP contribution in [0.3, 0.4) is 0 Å². The number of piperidine rings is 1. The Labute approximate surface area is 159 Å². The molecule has 0 saturated carbocycles. The smallest absolute Gasteiger partial charge is 0.227 e. The molecule has 4 heterocycles. The first kappa shape index (κ1) is 16.6. The summed E-state index contributed by atoms with van der Waals surface area (Å²) in [5.41, 5.74) is 8.10. The van der Waals surface area contributed by atoms with Gasteiger partial charge in [-0.2, -0.15) is 0 Å². The fraction of sp³-hybridized carbons (Fsp3) is 0.409. The first-order valence-corrected chi connectivity index (χ1v) is 9.82. The highest BCUT2D eigenvalue weighted by atomic mass is 16.2. The molecule has 138 valence electrons. The second-order valence-electron chi connectivity index (χ2n) is 7.83. The largest absolute Gasteiger partial charge is 0.334 e. The van der Waals surface area contributed by atoms with Crippen LogP contribution < -0.4 is 5.32 Å². The van der Waals surface area contributed by atoms with Gasteiger partial charge in [0.05, 0.1) is 18.7 Å². The maximum Gasteiger partial charge on any atom is 0.227 e. The maximum absolute atomic E-state index is 12.7. The molecule has 0 unspecified atom stereocenters. The standard InChI is InChI=1S/C22H24N4O/c1-14-7-15(4-6-24-14)22-20-9-18-13-26(19-3-2-5-23-12-19)21(27)10-16(18)8-17(20)11-25-22/h4,6-9,19,23H,2-3,5,10-13H2,1H3/t19-/m1/s1. The third-order valence-corrected chi connectivity index (χ3v) is 5.97. The third kappa shape index (κ3) is 2.96. The van der Waals surface area contributed by atoms with Crippen molar-refractivity contribution in [2.75, 3.05) is 13.1 Å². The summed E-state index contributed by atoms with van der Waals surface area (Å²) in [6.07, 6.45) is 4.61. The van der Waals surface area contributed by atoms with Crippen LogP contribution in [0.5, 0.6) is 0 Å². The highest BCUT2D eigenvalue weighted by molar-refractivity contribution is 6.15. The molecule has 5 rings (SSSR count). The lowest BCUT2D eigenvalue weighted by Gasteiger charge is -2.38. The Bertz CT molecular complexity index is 943. The molecule has 5 heteroatoms. The van der Waals surface area contributed by atoms with Crippen molar-refractivity contribution >= 4 is 11.6 Å². The van der Waals surface area contributed by atoms with Crippen molar-refractivity contribution in [1.82, 2.24) is 15.2 Å². The molecule has 2 aromatic rings. The van der Waals surface area contributed by atoms with Crippen LogP contribution >= 0.6 is 0 Å². The van der Waals surface area contributed by atoms with Crippen molar-refractivity contribution in [3.8, 4) is 0 Å². The lowest BCUT2D eigenvalue weighted by atomic mass is 9.90. The van der Waals surface area contributed by atoms with Crippen LogP contribution in [-0.2, 0) is 24.3 Å². The van der Waals surface area contributed by atoms with E-state index >= 15 is 0 Å². The highest BCUT2D eigenvalue weighted by Crippen LogP contribution is 2.31. The molecular weight excluding hydrogens is 336 g/mol. The quantitative estimate of drug-likeness (QED) is 0.895. The van der Waals surface area contributed by atoms with Gasteiger partial charge in [-0.05, 0) is 61.2 Å². The number of nitrogens with one attached hydrogen (secondary N) is 1. The molecular formula is C22H24N4O. The summed E-state index contributed by atoms with van der Waals surface area (Å²) in [6, 6.07) is 8.94. The zero-order valence-electron chi connectivity index (χ0n) is 15.7. The van der Waals surface area contributed by atoms with E-state index in [-0.39, 0.29) is 5.91 Å². The van der Waals surface area contributed by atoms with Crippen molar-refractivity contribution < 1.29 is 4.79 Å². The van der Waals surface area contributed by atoms with E-state index in [0.717, 1.165) is 49.4 Å². The van der Waals surface area contributed by atoms with Crippen LogP contribution in [0.4, 0.5) is 0 Å². The second kappa shape index (κ2) is 6.57. The van der Waals surface area contributed by atoms with E-state index in [1.54, 1.807) is 0 Å². The monoisotopic (exact) mass is 360 g/mol. The minimum atomic E-state index is 0.264. The number of aryl methyl sites for hydroxylation is 1. The summed E-state index contributed by atoms with van der Waals surface area (Å²) in [7, 11) is 0. The van der Waals surface area contributed by atoms with E-state index in [1.807, 2.05) is 19.2 Å². The Morgan fingerprint density at radius 1 is 1.19 bits per heavy atom. The van der Waals surface area contributed by atoms with Gasteiger partial charge in [-0.1, -0.05) is 6.07 Å². The normalized spacial score (nSPS) is 21.7. The number of hydrogen-bond donors (Lipinski definition) is 1. The molecule has 1 saturated heterocycles. The first-order valence-electron chi connectivity index (χ1n) is 9.82. The fourth-order valence-corrected chi connectivity index (χ4v) is 4.56. The van der Waals surface area contributed by atoms with Crippen LogP contribution in [-0.4, -0.2) is 40.6 Å². The lowest BCUT2D eigenvalue weighted by Crippen LogP contribution is -2.50. The number of hydrogen-bond acceptors (Lipinski definition) is 4. The second-order valence-corrected chi connectivity index (χ2v) is 7.83. The van der Waals surface area contributed by atoms with Gasteiger partial charge < -0.3 is 10.2 Å². The van der Waals surface area contributed by atoms with Gasteiger partial charge in [-0.15, -0.1) is 0 Å². The van der Waals surface area contributed by atoms with E-state index in [4.69, 9.17) is 4.99 Å². The Morgan fingerprint density at radius 3 is 2.93 bits per heavy atom. The van der Waals surface area contributed by atoms with Crippen LogP contribution in [0.15, 0.2) is 35.5 Å². The van der Waals surface area contributed by atoms with Crippen molar-refractivity contribution in [1.29, 1.82) is 0 Å². The van der Waals surface area contributed by atoms with E-state index < -0.39 is 0 Å². The van der Waals surface area contributed by atoms with Gasteiger partial charge >= 0.3 is 0 Å². The van der Waals surface area contributed by atoms with Crippen LogP contribution in [0.2, 0.25) is 0 Å². The number of pyridine rings is 1. The van der Waals surface area contributed by atoms with Crippen molar-refractivity contribution in [2.45, 2.75) is 45.3 Å². The Morgan fingerprint density at radius 2 is 2.11 bits per heavy atom. The van der Waals surface area contributed by atoms with Crippen molar-refractivity contribution in [3.63, 3.8) is 0 Å². The third-order valence-electron chi connectivity index (χ3n) is 5.97.